The Morgan fingerprint density at radius 1 is 1.28 bits per heavy atom. The summed E-state index contributed by atoms with van der Waals surface area (Å²) in [5, 5.41) is 8.53. The molecule has 0 fully saturated rings. The van der Waals surface area contributed by atoms with E-state index in [0.29, 0.717) is 17.1 Å². The van der Waals surface area contributed by atoms with Crippen molar-refractivity contribution >= 4 is 5.78 Å². The summed E-state index contributed by atoms with van der Waals surface area (Å²) in [5.74, 6) is 1.12. The summed E-state index contributed by atoms with van der Waals surface area (Å²) >= 11 is 0. The summed E-state index contributed by atoms with van der Waals surface area (Å²) in [6.07, 6.45) is 0.399. The van der Waals surface area contributed by atoms with Crippen LogP contribution < -0.4 is 9.47 Å². The van der Waals surface area contributed by atoms with E-state index >= 15 is 0 Å². The molecular formula is C14H17NO3. The number of nitriles is 1. The number of ketones is 1. The van der Waals surface area contributed by atoms with Crippen molar-refractivity contribution in [2.24, 2.45) is 0 Å². The van der Waals surface area contributed by atoms with Gasteiger partial charge in [0.15, 0.2) is 5.78 Å². The molecule has 0 amide bonds. The topological polar surface area (TPSA) is 59.3 Å². The number of benzene rings is 1. The van der Waals surface area contributed by atoms with E-state index in [4.69, 9.17) is 14.7 Å². The molecule has 0 saturated carbocycles. The van der Waals surface area contributed by atoms with Gasteiger partial charge in [-0.15, -0.1) is 0 Å². The number of ether oxygens (including phenoxy) is 2. The number of hydrogen-bond donors (Lipinski definition) is 0. The molecule has 1 aromatic carbocycles. The van der Waals surface area contributed by atoms with E-state index in [1.165, 1.54) is 7.11 Å². The van der Waals surface area contributed by atoms with Crippen molar-refractivity contribution in [3.05, 3.63) is 22.8 Å². The number of methoxy groups -OCH3 is 2. The van der Waals surface area contributed by atoms with E-state index in [-0.39, 0.29) is 18.6 Å². The Kier molecular flexibility index (Phi) is 4.73. The first-order valence-corrected chi connectivity index (χ1v) is 5.69. The van der Waals surface area contributed by atoms with Gasteiger partial charge in [-0.1, -0.05) is 0 Å². The van der Waals surface area contributed by atoms with Gasteiger partial charge < -0.3 is 9.47 Å². The second kappa shape index (κ2) is 6.06. The van der Waals surface area contributed by atoms with E-state index in [1.54, 1.807) is 13.2 Å². The van der Waals surface area contributed by atoms with Crippen LogP contribution in [0.1, 0.15) is 34.3 Å². The van der Waals surface area contributed by atoms with Crippen LogP contribution in [0.2, 0.25) is 0 Å². The summed E-state index contributed by atoms with van der Waals surface area (Å²) in [4.78, 5) is 12.0. The minimum absolute atomic E-state index is 0.102. The Morgan fingerprint density at radius 3 is 2.44 bits per heavy atom. The van der Waals surface area contributed by atoms with Gasteiger partial charge in [0.2, 0.25) is 0 Å². The molecule has 4 nitrogen and oxygen atoms in total. The van der Waals surface area contributed by atoms with Crippen LogP contribution in [-0.2, 0) is 0 Å². The fraction of sp³-hybridized carbons (Fsp3) is 0.429. The third-order valence-corrected chi connectivity index (χ3v) is 2.98. The predicted octanol–water partition coefficient (Wildman–Crippen LogP) is 2.81. The van der Waals surface area contributed by atoms with Gasteiger partial charge in [0.05, 0.1) is 25.9 Å². The van der Waals surface area contributed by atoms with Crippen molar-refractivity contribution in [2.45, 2.75) is 26.7 Å². The number of rotatable bonds is 5. The Bertz CT molecular complexity index is 501. The molecule has 0 aliphatic heterocycles. The Balaban J connectivity index is 3.29. The second-order valence-electron chi connectivity index (χ2n) is 3.99. The largest absolute Gasteiger partial charge is 0.496 e. The van der Waals surface area contributed by atoms with Crippen molar-refractivity contribution in [1.82, 2.24) is 0 Å². The minimum atomic E-state index is -0.102. The molecule has 0 N–H and O–H groups in total. The highest BCUT2D eigenvalue weighted by atomic mass is 16.5. The molecule has 4 heteroatoms. The van der Waals surface area contributed by atoms with Crippen molar-refractivity contribution < 1.29 is 14.3 Å². The number of hydrogen-bond acceptors (Lipinski definition) is 4. The Hall–Kier alpha value is -2.02. The summed E-state index contributed by atoms with van der Waals surface area (Å²) in [6, 6.07) is 3.65. The molecule has 1 aromatic rings. The summed E-state index contributed by atoms with van der Waals surface area (Å²) < 4.78 is 10.5. The molecule has 0 saturated heterocycles. The van der Waals surface area contributed by atoms with Gasteiger partial charge in [0.1, 0.15) is 11.5 Å². The molecular weight excluding hydrogens is 230 g/mol. The first-order chi connectivity index (χ1) is 8.56. The lowest BCUT2D eigenvalue weighted by Crippen LogP contribution is -2.06. The maximum atomic E-state index is 12.0. The molecule has 0 aliphatic carbocycles. The lowest BCUT2D eigenvalue weighted by molar-refractivity contribution is 0.0980. The fourth-order valence-corrected chi connectivity index (χ4v) is 1.85. The van der Waals surface area contributed by atoms with E-state index < -0.39 is 0 Å². The van der Waals surface area contributed by atoms with Crippen LogP contribution in [-0.4, -0.2) is 20.0 Å². The maximum absolute atomic E-state index is 12.0. The number of nitrogens with zero attached hydrogens (tertiary/aromatic N) is 1. The van der Waals surface area contributed by atoms with Crippen LogP contribution in [0.5, 0.6) is 11.5 Å². The molecule has 0 radical (unpaired) electrons. The monoisotopic (exact) mass is 247 g/mol. The van der Waals surface area contributed by atoms with Crippen LogP contribution in [0.4, 0.5) is 0 Å². The highest BCUT2D eigenvalue weighted by Crippen LogP contribution is 2.34. The zero-order valence-electron chi connectivity index (χ0n) is 11.2. The fourth-order valence-electron chi connectivity index (χ4n) is 1.85. The van der Waals surface area contributed by atoms with Crippen LogP contribution in [0, 0.1) is 25.2 Å². The number of carbonyl (C=O) groups is 1. The first kappa shape index (κ1) is 14.0. The third kappa shape index (κ3) is 2.62. The average Bonchev–Trinajstić information content (AvgIpc) is 2.38. The molecule has 18 heavy (non-hydrogen) atoms. The zero-order valence-corrected chi connectivity index (χ0v) is 11.2. The lowest BCUT2D eigenvalue weighted by Gasteiger charge is -2.15. The molecule has 1 rings (SSSR count). The van der Waals surface area contributed by atoms with Gasteiger partial charge in [-0.2, -0.15) is 5.26 Å². The standard InChI is InChI=1S/C14H17NO3/c1-9-10(2)14(18-4)11(8-13(9)17-3)12(16)6-5-7-15/h8H,5-6H2,1-4H3. The van der Waals surface area contributed by atoms with Crippen LogP contribution in [0.25, 0.3) is 0 Å². The van der Waals surface area contributed by atoms with Gasteiger partial charge in [-0.05, 0) is 31.0 Å². The highest BCUT2D eigenvalue weighted by molar-refractivity contribution is 5.99. The van der Waals surface area contributed by atoms with Gasteiger partial charge in [-0.3, -0.25) is 4.79 Å². The van der Waals surface area contributed by atoms with Crippen molar-refractivity contribution in [1.29, 1.82) is 5.26 Å². The number of Topliss-reactive ketones (excluding diaryl/α,β-unsaturated/α-hetero) is 1. The molecule has 0 aromatic heterocycles. The van der Waals surface area contributed by atoms with Crippen molar-refractivity contribution in [2.75, 3.05) is 14.2 Å². The normalized spacial score (nSPS) is 9.72. The lowest BCUT2D eigenvalue weighted by atomic mass is 9.98. The van der Waals surface area contributed by atoms with E-state index in [0.717, 1.165) is 11.1 Å². The predicted molar refractivity (Wildman–Crippen MR) is 68.2 cm³/mol. The van der Waals surface area contributed by atoms with Crippen LogP contribution in [0.3, 0.4) is 0 Å². The smallest absolute Gasteiger partial charge is 0.167 e. The average molecular weight is 247 g/mol. The van der Waals surface area contributed by atoms with Crippen molar-refractivity contribution in [3.8, 4) is 17.6 Å². The molecule has 96 valence electrons. The van der Waals surface area contributed by atoms with Crippen LogP contribution in [0.15, 0.2) is 6.07 Å². The quantitative estimate of drug-likeness (QED) is 0.751. The molecule has 0 bridgehead atoms. The zero-order chi connectivity index (χ0) is 13.7. The summed E-state index contributed by atoms with van der Waals surface area (Å²) in [5.41, 5.74) is 2.32. The Labute approximate surface area is 107 Å². The highest BCUT2D eigenvalue weighted by Gasteiger charge is 2.18. The molecule has 0 atom stereocenters. The van der Waals surface area contributed by atoms with Gasteiger partial charge >= 0.3 is 0 Å². The van der Waals surface area contributed by atoms with E-state index in [9.17, 15) is 4.79 Å². The second-order valence-corrected chi connectivity index (χ2v) is 3.99. The van der Waals surface area contributed by atoms with E-state index in [1.807, 2.05) is 19.9 Å². The van der Waals surface area contributed by atoms with Gasteiger partial charge in [0.25, 0.3) is 0 Å². The Morgan fingerprint density at radius 2 is 1.94 bits per heavy atom. The van der Waals surface area contributed by atoms with E-state index in [2.05, 4.69) is 0 Å². The SMILES string of the molecule is COc1cc(C(=O)CCC#N)c(OC)c(C)c1C. The van der Waals surface area contributed by atoms with Crippen molar-refractivity contribution in [3.63, 3.8) is 0 Å². The van der Waals surface area contributed by atoms with Crippen LogP contribution >= 0.6 is 0 Å². The molecule has 0 aliphatic rings. The molecule has 0 heterocycles. The summed E-state index contributed by atoms with van der Waals surface area (Å²) in [6.45, 7) is 3.80. The van der Waals surface area contributed by atoms with Gasteiger partial charge in [-0.25, -0.2) is 0 Å². The molecule has 0 spiro atoms. The summed E-state index contributed by atoms with van der Waals surface area (Å²) in [7, 11) is 3.10. The first-order valence-electron chi connectivity index (χ1n) is 5.69. The maximum Gasteiger partial charge on any atom is 0.167 e. The third-order valence-electron chi connectivity index (χ3n) is 2.98. The number of carbonyl (C=O) groups excluding carboxylic acids is 1. The minimum Gasteiger partial charge on any atom is -0.496 e. The van der Waals surface area contributed by atoms with Gasteiger partial charge in [0, 0.05) is 12.8 Å². The molecule has 0 unspecified atom stereocenters.